The van der Waals surface area contributed by atoms with E-state index in [-0.39, 0.29) is 17.5 Å². The molecule has 0 radical (unpaired) electrons. The van der Waals surface area contributed by atoms with Crippen molar-refractivity contribution in [2.45, 2.75) is 52.1 Å². The van der Waals surface area contributed by atoms with E-state index < -0.39 is 0 Å². The van der Waals surface area contributed by atoms with Crippen molar-refractivity contribution in [3.63, 3.8) is 0 Å². The molecule has 0 bridgehead atoms. The summed E-state index contributed by atoms with van der Waals surface area (Å²) in [5.74, 6) is 0.108. The molecule has 1 amide bonds. The molecule has 1 aromatic carbocycles. The number of rotatable bonds is 5. The van der Waals surface area contributed by atoms with Gasteiger partial charge in [0.15, 0.2) is 0 Å². The van der Waals surface area contributed by atoms with Gasteiger partial charge in [-0.2, -0.15) is 5.10 Å². The predicted octanol–water partition coefficient (Wildman–Crippen LogP) is 3.93. The average molecular weight is 450 g/mol. The average Bonchev–Trinajstić information content (AvgIpc) is 3.38. The third kappa shape index (κ3) is 3.62. The fourth-order valence-corrected chi connectivity index (χ4v) is 5.90. The van der Waals surface area contributed by atoms with E-state index in [1.807, 2.05) is 40.0 Å². The van der Waals surface area contributed by atoms with Gasteiger partial charge in [-0.1, -0.05) is 25.1 Å². The SMILES string of the molecule is CCc1c(C)sc2ncn([C@@H]3CCCN(C(=O)CCn4ncc5ccccc54)C3)c(=O)c12. The lowest BCUT2D eigenvalue weighted by Gasteiger charge is -2.33. The minimum Gasteiger partial charge on any atom is -0.341 e. The van der Waals surface area contributed by atoms with Gasteiger partial charge in [0.1, 0.15) is 4.83 Å². The molecule has 1 saturated heterocycles. The molecule has 1 aliphatic rings. The number of piperidine rings is 1. The summed E-state index contributed by atoms with van der Waals surface area (Å²) >= 11 is 1.59. The lowest BCUT2D eigenvalue weighted by molar-refractivity contribution is -0.133. The van der Waals surface area contributed by atoms with Crippen molar-refractivity contribution in [2.24, 2.45) is 0 Å². The summed E-state index contributed by atoms with van der Waals surface area (Å²) in [5.41, 5.74) is 2.17. The van der Waals surface area contributed by atoms with Crippen LogP contribution >= 0.6 is 11.3 Å². The molecular formula is C24H27N5O2S. The molecule has 1 fully saturated rings. The van der Waals surface area contributed by atoms with Crippen molar-refractivity contribution < 1.29 is 4.79 Å². The molecule has 3 aromatic heterocycles. The van der Waals surface area contributed by atoms with E-state index in [2.05, 4.69) is 23.9 Å². The van der Waals surface area contributed by atoms with E-state index in [0.29, 0.717) is 19.5 Å². The van der Waals surface area contributed by atoms with Crippen LogP contribution in [0.3, 0.4) is 0 Å². The van der Waals surface area contributed by atoms with E-state index in [9.17, 15) is 9.59 Å². The van der Waals surface area contributed by atoms with Gasteiger partial charge in [-0.25, -0.2) is 4.98 Å². The number of aromatic nitrogens is 4. The topological polar surface area (TPSA) is 73.0 Å². The first-order chi connectivity index (χ1) is 15.6. The van der Waals surface area contributed by atoms with Crippen LogP contribution < -0.4 is 5.56 Å². The third-order valence-corrected chi connectivity index (χ3v) is 7.58. The molecule has 0 unspecified atom stereocenters. The Morgan fingerprint density at radius 1 is 1.28 bits per heavy atom. The van der Waals surface area contributed by atoms with Gasteiger partial charge < -0.3 is 4.90 Å². The Bertz CT molecular complexity index is 1350. The second-order valence-electron chi connectivity index (χ2n) is 8.44. The van der Waals surface area contributed by atoms with Gasteiger partial charge in [0.2, 0.25) is 5.91 Å². The predicted molar refractivity (Wildman–Crippen MR) is 127 cm³/mol. The van der Waals surface area contributed by atoms with Gasteiger partial charge in [0, 0.05) is 29.8 Å². The molecule has 5 rings (SSSR count). The summed E-state index contributed by atoms with van der Waals surface area (Å²) in [6.45, 7) is 5.97. The molecule has 32 heavy (non-hydrogen) atoms. The van der Waals surface area contributed by atoms with Crippen molar-refractivity contribution in [2.75, 3.05) is 13.1 Å². The number of carbonyl (C=O) groups excluding carboxylic acids is 1. The summed E-state index contributed by atoms with van der Waals surface area (Å²) in [5, 5.41) is 6.26. The van der Waals surface area contributed by atoms with Crippen LogP contribution in [0.1, 0.15) is 42.7 Å². The molecule has 1 aliphatic heterocycles. The van der Waals surface area contributed by atoms with Crippen LogP contribution in [0.2, 0.25) is 0 Å². The minimum absolute atomic E-state index is 0.0264. The number of fused-ring (bicyclic) bond motifs is 2. The molecule has 0 saturated carbocycles. The Morgan fingerprint density at radius 2 is 2.12 bits per heavy atom. The first-order valence-electron chi connectivity index (χ1n) is 11.2. The molecule has 0 spiro atoms. The second-order valence-corrected chi connectivity index (χ2v) is 9.64. The molecule has 0 aliphatic carbocycles. The number of thiophene rings is 1. The highest BCUT2D eigenvalue weighted by molar-refractivity contribution is 7.18. The molecule has 8 heteroatoms. The quantitative estimate of drug-likeness (QED) is 0.463. The highest BCUT2D eigenvalue weighted by atomic mass is 32.1. The van der Waals surface area contributed by atoms with Crippen molar-refractivity contribution in [3.05, 3.63) is 57.6 Å². The summed E-state index contributed by atoms with van der Waals surface area (Å²) in [7, 11) is 0. The van der Waals surface area contributed by atoms with Gasteiger partial charge in [-0.05, 0) is 37.8 Å². The maximum Gasteiger partial charge on any atom is 0.262 e. The Balaban J connectivity index is 1.32. The van der Waals surface area contributed by atoms with Gasteiger partial charge in [0.25, 0.3) is 5.56 Å². The van der Waals surface area contributed by atoms with E-state index in [4.69, 9.17) is 0 Å². The largest absolute Gasteiger partial charge is 0.341 e. The summed E-state index contributed by atoms with van der Waals surface area (Å²) in [4.78, 5) is 34.8. The summed E-state index contributed by atoms with van der Waals surface area (Å²) in [6, 6.07) is 7.99. The smallest absolute Gasteiger partial charge is 0.262 e. The Labute approximate surface area is 190 Å². The van der Waals surface area contributed by atoms with Crippen LogP contribution in [0.4, 0.5) is 0 Å². The van der Waals surface area contributed by atoms with Crippen molar-refractivity contribution >= 4 is 38.4 Å². The number of carbonyl (C=O) groups is 1. The van der Waals surface area contributed by atoms with Crippen LogP contribution in [-0.2, 0) is 17.8 Å². The van der Waals surface area contributed by atoms with Crippen molar-refractivity contribution in [3.8, 4) is 0 Å². The Hall–Kier alpha value is -3.00. The highest BCUT2D eigenvalue weighted by Crippen LogP contribution is 2.28. The number of nitrogens with zero attached hydrogens (tertiary/aromatic N) is 5. The van der Waals surface area contributed by atoms with Crippen molar-refractivity contribution in [1.29, 1.82) is 0 Å². The van der Waals surface area contributed by atoms with E-state index in [0.717, 1.165) is 57.4 Å². The lowest BCUT2D eigenvalue weighted by Crippen LogP contribution is -2.43. The number of para-hydroxylation sites is 1. The van der Waals surface area contributed by atoms with Crippen LogP contribution in [0.15, 0.2) is 41.6 Å². The van der Waals surface area contributed by atoms with Gasteiger partial charge in [0.05, 0.1) is 36.0 Å². The zero-order chi connectivity index (χ0) is 22.2. The highest BCUT2D eigenvalue weighted by Gasteiger charge is 2.26. The fraction of sp³-hybridized carbons (Fsp3) is 0.417. The monoisotopic (exact) mass is 449 g/mol. The maximum absolute atomic E-state index is 13.3. The minimum atomic E-state index is -0.0347. The molecule has 0 N–H and O–H groups in total. The standard InChI is InChI=1S/C24H27N5O2S/c1-3-19-16(2)32-23-22(19)24(31)28(15-25-23)18-8-6-11-27(14-18)21(30)10-12-29-20-9-5-4-7-17(20)13-26-29/h4-5,7,9,13,15,18H,3,6,8,10-12,14H2,1-2H3/t18-/m1/s1. The number of amides is 1. The third-order valence-electron chi connectivity index (χ3n) is 6.52. The number of likely N-dealkylation sites (tertiary alicyclic amines) is 1. The summed E-state index contributed by atoms with van der Waals surface area (Å²) < 4.78 is 3.65. The Kier molecular flexibility index (Phi) is 5.55. The molecule has 4 heterocycles. The number of hydrogen-bond acceptors (Lipinski definition) is 5. The summed E-state index contributed by atoms with van der Waals surface area (Å²) in [6.07, 6.45) is 6.50. The van der Waals surface area contributed by atoms with Crippen LogP contribution in [0, 0.1) is 6.92 Å². The van der Waals surface area contributed by atoms with Crippen molar-refractivity contribution in [1.82, 2.24) is 24.2 Å². The van der Waals surface area contributed by atoms with Gasteiger partial charge in [-0.15, -0.1) is 11.3 Å². The lowest BCUT2D eigenvalue weighted by atomic mass is 10.0. The van der Waals surface area contributed by atoms with E-state index in [1.165, 1.54) is 0 Å². The molecule has 7 nitrogen and oxygen atoms in total. The molecular weight excluding hydrogens is 422 g/mol. The van der Waals surface area contributed by atoms with Crippen LogP contribution in [0.5, 0.6) is 0 Å². The fourth-order valence-electron chi connectivity index (χ4n) is 4.83. The zero-order valence-corrected chi connectivity index (χ0v) is 19.3. The molecule has 166 valence electrons. The molecule has 4 aromatic rings. The van der Waals surface area contributed by atoms with E-state index >= 15 is 0 Å². The zero-order valence-electron chi connectivity index (χ0n) is 18.5. The number of hydrogen-bond donors (Lipinski definition) is 0. The van der Waals surface area contributed by atoms with Crippen LogP contribution in [-0.4, -0.2) is 43.2 Å². The van der Waals surface area contributed by atoms with E-state index in [1.54, 1.807) is 22.2 Å². The molecule has 1 atom stereocenters. The second kappa shape index (κ2) is 8.50. The normalized spacial score (nSPS) is 16.8. The Morgan fingerprint density at radius 3 is 2.97 bits per heavy atom. The van der Waals surface area contributed by atoms with Crippen LogP contribution in [0.25, 0.3) is 21.1 Å². The van der Waals surface area contributed by atoms with Gasteiger partial charge >= 0.3 is 0 Å². The first kappa shape index (κ1) is 20.9. The maximum atomic E-state index is 13.3. The number of benzene rings is 1. The number of aryl methyl sites for hydroxylation is 3. The first-order valence-corrected chi connectivity index (χ1v) is 12.1. The van der Waals surface area contributed by atoms with Gasteiger partial charge in [-0.3, -0.25) is 18.8 Å².